The molecule has 0 saturated carbocycles. The molecule has 0 saturated heterocycles. The minimum absolute atomic E-state index is 0.0402. The van der Waals surface area contributed by atoms with Crippen molar-refractivity contribution in [2.45, 2.75) is 27.7 Å². The number of benzene rings is 2. The van der Waals surface area contributed by atoms with Crippen molar-refractivity contribution in [3.63, 3.8) is 0 Å². The van der Waals surface area contributed by atoms with Crippen LogP contribution in [0.3, 0.4) is 0 Å². The summed E-state index contributed by atoms with van der Waals surface area (Å²) in [5, 5.41) is 0. The van der Waals surface area contributed by atoms with E-state index < -0.39 is 0 Å². The molecule has 6 nitrogen and oxygen atoms in total. The lowest BCUT2D eigenvalue weighted by Gasteiger charge is -2.46. The van der Waals surface area contributed by atoms with Crippen molar-refractivity contribution in [2.75, 3.05) is 0 Å². The quantitative estimate of drug-likeness (QED) is 0.324. The average Bonchev–Trinajstić information content (AvgIpc) is 3.45. The largest absolute Gasteiger partial charge is 0.269 e. The Morgan fingerprint density at radius 1 is 0.556 bits per heavy atom. The Morgan fingerprint density at radius 2 is 0.917 bits per heavy atom. The van der Waals surface area contributed by atoms with Gasteiger partial charge >= 0.3 is 0 Å². The lowest BCUT2D eigenvalue weighted by molar-refractivity contribution is 0.0909. The zero-order valence-electron chi connectivity index (χ0n) is 20.4. The molecule has 36 heavy (non-hydrogen) atoms. The van der Waals surface area contributed by atoms with Gasteiger partial charge in [-0.1, -0.05) is 24.3 Å². The molecule has 0 spiro atoms. The highest BCUT2D eigenvalue weighted by Gasteiger charge is 2.54. The van der Waals surface area contributed by atoms with Crippen molar-refractivity contribution in [1.29, 1.82) is 0 Å². The van der Waals surface area contributed by atoms with Crippen LogP contribution in [0.15, 0.2) is 82.0 Å². The van der Waals surface area contributed by atoms with Crippen LogP contribution in [0.2, 0.25) is 0 Å². The third-order valence-electron chi connectivity index (χ3n) is 8.79. The van der Waals surface area contributed by atoms with Gasteiger partial charge in [0.05, 0.1) is 22.1 Å². The Labute approximate surface area is 207 Å². The molecule has 2 aliphatic heterocycles. The van der Waals surface area contributed by atoms with Gasteiger partial charge in [-0.05, 0) is 74.3 Å². The number of carbonyl (C=O) groups is 2. The summed E-state index contributed by atoms with van der Waals surface area (Å²) in [6.07, 6.45) is 0. The van der Waals surface area contributed by atoms with Crippen molar-refractivity contribution in [1.82, 2.24) is 19.1 Å². The second kappa shape index (κ2) is 6.26. The van der Waals surface area contributed by atoms with Gasteiger partial charge in [-0.15, -0.1) is 0 Å². The van der Waals surface area contributed by atoms with Crippen molar-refractivity contribution >= 4 is 45.0 Å². The molecule has 0 amide bonds. The van der Waals surface area contributed by atoms with Crippen molar-refractivity contribution in [3.8, 4) is 0 Å². The van der Waals surface area contributed by atoms with Gasteiger partial charge in [0.2, 0.25) is 0 Å². The van der Waals surface area contributed by atoms with Gasteiger partial charge in [-0.25, -0.2) is 9.97 Å². The Balaban J connectivity index is 1.57. The molecular weight excluding hydrogens is 448 g/mol. The molecule has 174 valence electrons. The van der Waals surface area contributed by atoms with Gasteiger partial charge in [0.1, 0.15) is 11.6 Å². The van der Waals surface area contributed by atoms with Crippen LogP contribution in [0.1, 0.15) is 48.9 Å². The number of imidazole rings is 2. The molecular formula is C30H22N4O2. The molecule has 2 atom stereocenters. The summed E-state index contributed by atoms with van der Waals surface area (Å²) in [5.41, 5.74) is 10.9. The predicted octanol–water partition coefficient (Wildman–Crippen LogP) is 5.83. The fourth-order valence-electron chi connectivity index (χ4n) is 6.96. The summed E-state index contributed by atoms with van der Waals surface area (Å²) in [4.78, 5) is 38.3. The SMILES string of the molecule is CC1=C2C(=O)n3c(nc4ccccc43)C3=C(C)C(C)=C4c5nc6ccccc6n5C(=O)C(=C1C)C4C23. The molecule has 2 unspecified atom stereocenters. The van der Waals surface area contributed by atoms with Gasteiger partial charge in [0.15, 0.2) is 0 Å². The standard InChI is InChI=1S/C30H22N4O2/c1-13-14(2)22-26-24(30(36)34-20-12-8-6-10-18(20)32-28(22)34)16(4)15(3)23-25(26)21(13)27-31-17-9-5-7-11-19(17)33(27)29(23)35/h5-12,25-26H,1-4H3. The fourth-order valence-corrected chi connectivity index (χ4v) is 6.96. The fraction of sp³-hybridized carbons (Fsp3) is 0.200. The summed E-state index contributed by atoms with van der Waals surface area (Å²) in [7, 11) is 0. The first-order valence-corrected chi connectivity index (χ1v) is 12.3. The van der Waals surface area contributed by atoms with E-state index in [2.05, 4.69) is 13.8 Å². The van der Waals surface area contributed by atoms with Crippen LogP contribution in [0.4, 0.5) is 0 Å². The van der Waals surface area contributed by atoms with Crippen LogP contribution in [-0.2, 0) is 0 Å². The molecule has 2 aromatic carbocycles. The third kappa shape index (κ3) is 2.03. The van der Waals surface area contributed by atoms with E-state index in [4.69, 9.17) is 9.97 Å². The molecule has 2 aromatic heterocycles. The van der Waals surface area contributed by atoms with Gasteiger partial charge in [-0.2, -0.15) is 0 Å². The van der Waals surface area contributed by atoms with Crippen molar-refractivity contribution in [3.05, 3.63) is 93.6 Å². The second-order valence-corrected chi connectivity index (χ2v) is 10.2. The lowest BCUT2D eigenvalue weighted by atomic mass is 9.59. The lowest BCUT2D eigenvalue weighted by Crippen LogP contribution is -2.44. The number of allylic oxidation sites excluding steroid dienone is 8. The first-order valence-electron chi connectivity index (χ1n) is 12.3. The maximum Gasteiger partial charge on any atom is 0.260 e. The first kappa shape index (κ1) is 19.9. The summed E-state index contributed by atoms with van der Waals surface area (Å²) in [6, 6.07) is 15.6. The van der Waals surface area contributed by atoms with Crippen LogP contribution in [0.25, 0.3) is 33.2 Å². The number of para-hydroxylation sites is 4. The molecule has 6 heteroatoms. The van der Waals surface area contributed by atoms with Crippen LogP contribution < -0.4 is 0 Å². The molecule has 8 rings (SSSR count). The average molecular weight is 471 g/mol. The summed E-state index contributed by atoms with van der Waals surface area (Å²) >= 11 is 0. The first-order chi connectivity index (χ1) is 17.4. The molecule has 4 aliphatic rings. The van der Waals surface area contributed by atoms with E-state index in [1.165, 1.54) is 0 Å². The Morgan fingerprint density at radius 3 is 1.33 bits per heavy atom. The highest BCUT2D eigenvalue weighted by atomic mass is 16.2. The molecule has 0 N–H and O–H groups in total. The molecule has 0 fully saturated rings. The number of fused-ring (bicyclic) bond motifs is 8. The minimum atomic E-state index is -0.253. The monoisotopic (exact) mass is 470 g/mol. The number of hydrogen-bond donors (Lipinski definition) is 0. The van der Waals surface area contributed by atoms with E-state index in [1.54, 1.807) is 9.13 Å². The highest BCUT2D eigenvalue weighted by molar-refractivity contribution is 6.16. The summed E-state index contributed by atoms with van der Waals surface area (Å²) in [5.74, 6) is 0.810. The molecule has 0 bridgehead atoms. The zero-order valence-corrected chi connectivity index (χ0v) is 20.4. The second-order valence-electron chi connectivity index (χ2n) is 10.2. The van der Waals surface area contributed by atoms with Gasteiger partial charge in [0, 0.05) is 34.1 Å². The van der Waals surface area contributed by atoms with Crippen LogP contribution in [0.5, 0.6) is 0 Å². The Kier molecular flexibility index (Phi) is 3.47. The van der Waals surface area contributed by atoms with E-state index in [0.29, 0.717) is 11.6 Å². The van der Waals surface area contributed by atoms with Crippen LogP contribution >= 0.6 is 0 Å². The van der Waals surface area contributed by atoms with E-state index in [9.17, 15) is 9.59 Å². The number of nitrogens with zero attached hydrogens (tertiary/aromatic N) is 4. The molecule has 4 aromatic rings. The van der Waals surface area contributed by atoms with Crippen LogP contribution in [0, 0.1) is 11.8 Å². The highest BCUT2D eigenvalue weighted by Crippen LogP contribution is 2.59. The van der Waals surface area contributed by atoms with E-state index >= 15 is 0 Å². The van der Waals surface area contributed by atoms with Gasteiger partial charge in [0.25, 0.3) is 11.8 Å². The molecule has 4 heterocycles. The smallest absolute Gasteiger partial charge is 0.260 e. The predicted molar refractivity (Wildman–Crippen MR) is 138 cm³/mol. The Hall–Kier alpha value is -4.32. The maximum absolute atomic E-state index is 14.2. The zero-order chi connectivity index (χ0) is 24.6. The third-order valence-corrected chi connectivity index (χ3v) is 8.79. The molecule has 0 radical (unpaired) electrons. The number of aromatic nitrogens is 4. The number of rotatable bonds is 0. The Bertz CT molecular complexity index is 1780. The number of carbonyl (C=O) groups excluding carboxylic acids is 2. The van der Waals surface area contributed by atoms with Gasteiger partial charge in [-0.3, -0.25) is 18.7 Å². The van der Waals surface area contributed by atoms with Gasteiger partial charge < -0.3 is 0 Å². The minimum Gasteiger partial charge on any atom is -0.269 e. The topological polar surface area (TPSA) is 69.8 Å². The molecule has 2 aliphatic carbocycles. The van der Waals surface area contributed by atoms with Crippen molar-refractivity contribution < 1.29 is 9.59 Å². The number of hydrogen-bond acceptors (Lipinski definition) is 4. The summed E-state index contributed by atoms with van der Waals surface area (Å²) < 4.78 is 3.56. The van der Waals surface area contributed by atoms with Crippen LogP contribution in [-0.4, -0.2) is 30.9 Å². The maximum atomic E-state index is 14.2. The summed E-state index contributed by atoms with van der Waals surface area (Å²) in [6.45, 7) is 8.22. The van der Waals surface area contributed by atoms with E-state index in [1.807, 2.05) is 62.4 Å². The van der Waals surface area contributed by atoms with E-state index in [0.717, 1.165) is 66.7 Å². The van der Waals surface area contributed by atoms with Crippen molar-refractivity contribution in [2.24, 2.45) is 11.8 Å². The van der Waals surface area contributed by atoms with E-state index in [-0.39, 0.29) is 23.7 Å². The normalized spacial score (nSPS) is 22.7.